The van der Waals surface area contributed by atoms with Crippen LogP contribution in [0.15, 0.2) is 18.2 Å². The van der Waals surface area contributed by atoms with Gasteiger partial charge in [0.1, 0.15) is 5.82 Å². The van der Waals surface area contributed by atoms with Gasteiger partial charge in [0, 0.05) is 38.4 Å². The van der Waals surface area contributed by atoms with E-state index in [1.54, 1.807) is 6.07 Å². The van der Waals surface area contributed by atoms with Crippen molar-refractivity contribution in [2.24, 2.45) is 11.3 Å². The number of carbonyl (C=O) groups excluding carboxylic acids is 1. The second kappa shape index (κ2) is 7.55. The Morgan fingerprint density at radius 1 is 1.15 bits per heavy atom. The topological polar surface area (TPSA) is 35.6 Å². The zero-order valence-corrected chi connectivity index (χ0v) is 16.5. The second-order valence-electron chi connectivity index (χ2n) is 8.81. The Morgan fingerprint density at radius 2 is 1.85 bits per heavy atom. The lowest BCUT2D eigenvalue weighted by atomic mass is 9.80. The average molecular weight is 362 g/mol. The maximum atomic E-state index is 14.2. The summed E-state index contributed by atoms with van der Waals surface area (Å²) in [6.45, 7) is 11.4. The molecule has 0 aromatic heterocycles. The molecule has 26 heavy (non-hydrogen) atoms. The van der Waals surface area contributed by atoms with Gasteiger partial charge in [0.15, 0.2) is 0 Å². The van der Waals surface area contributed by atoms with Gasteiger partial charge in [0.05, 0.1) is 5.56 Å². The Labute approximate surface area is 156 Å². The third kappa shape index (κ3) is 4.03. The van der Waals surface area contributed by atoms with Crippen LogP contribution in [-0.4, -0.2) is 50.1 Å². The molecule has 0 aliphatic carbocycles. The number of rotatable bonds is 3. The van der Waals surface area contributed by atoms with Crippen LogP contribution in [0, 0.1) is 17.2 Å². The molecule has 4 nitrogen and oxygen atoms in total. The summed E-state index contributed by atoms with van der Waals surface area (Å²) in [4.78, 5) is 16.5. The van der Waals surface area contributed by atoms with Crippen LogP contribution in [0.2, 0.25) is 0 Å². The van der Waals surface area contributed by atoms with Crippen molar-refractivity contribution in [3.05, 3.63) is 29.6 Å². The third-order valence-electron chi connectivity index (χ3n) is 6.21. The lowest BCUT2D eigenvalue weighted by Gasteiger charge is -2.38. The largest absolute Gasteiger partial charge is 0.371 e. The van der Waals surface area contributed by atoms with Gasteiger partial charge in [-0.3, -0.25) is 9.69 Å². The van der Waals surface area contributed by atoms with Crippen LogP contribution < -0.4 is 10.2 Å². The third-order valence-corrected chi connectivity index (χ3v) is 6.21. The highest BCUT2D eigenvalue weighted by Crippen LogP contribution is 2.36. The highest BCUT2D eigenvalue weighted by atomic mass is 19.1. The number of hydrogen-bond acceptors (Lipinski definition) is 3. The molecule has 1 amide bonds. The standard InChI is InChI=1S/C21H32FN3O/c1-21(2,3)15-7-10-25(14-15)16-8-11-24(12-9-16)17-5-6-18(19(22)13-17)20(26)23-4/h5-6,13,15-16H,7-12,14H2,1-4H3,(H,23,26). The molecule has 2 heterocycles. The first-order valence-corrected chi connectivity index (χ1v) is 9.80. The predicted molar refractivity (Wildman–Crippen MR) is 104 cm³/mol. The van der Waals surface area contributed by atoms with Crippen molar-refractivity contribution < 1.29 is 9.18 Å². The van der Waals surface area contributed by atoms with Gasteiger partial charge in [0.2, 0.25) is 0 Å². The van der Waals surface area contributed by atoms with E-state index in [0.717, 1.165) is 37.5 Å². The van der Waals surface area contributed by atoms with Crippen LogP contribution in [0.4, 0.5) is 10.1 Å². The second-order valence-corrected chi connectivity index (χ2v) is 8.81. The van der Waals surface area contributed by atoms with Gasteiger partial charge in [-0.25, -0.2) is 4.39 Å². The summed E-state index contributed by atoms with van der Waals surface area (Å²) < 4.78 is 14.2. The number of piperidine rings is 1. The van der Waals surface area contributed by atoms with Crippen molar-refractivity contribution in [3.63, 3.8) is 0 Å². The molecule has 0 radical (unpaired) electrons. The number of hydrogen-bond donors (Lipinski definition) is 1. The summed E-state index contributed by atoms with van der Waals surface area (Å²) >= 11 is 0. The van der Waals surface area contributed by atoms with E-state index in [1.165, 1.54) is 32.6 Å². The molecule has 1 N–H and O–H groups in total. The molecule has 0 saturated carbocycles. The van der Waals surface area contributed by atoms with Gasteiger partial charge in [0.25, 0.3) is 5.91 Å². The first-order chi connectivity index (χ1) is 12.3. The number of amides is 1. The van der Waals surface area contributed by atoms with E-state index in [4.69, 9.17) is 0 Å². The molecule has 3 rings (SSSR count). The maximum absolute atomic E-state index is 14.2. The van der Waals surface area contributed by atoms with Crippen molar-refractivity contribution in [2.75, 3.05) is 38.1 Å². The van der Waals surface area contributed by atoms with Crippen LogP contribution in [0.1, 0.15) is 50.4 Å². The smallest absolute Gasteiger partial charge is 0.253 e. The summed E-state index contributed by atoms with van der Waals surface area (Å²) in [7, 11) is 1.52. The summed E-state index contributed by atoms with van der Waals surface area (Å²) in [5, 5.41) is 2.47. The fourth-order valence-electron chi connectivity index (χ4n) is 4.33. The first-order valence-electron chi connectivity index (χ1n) is 9.80. The van der Waals surface area contributed by atoms with Crippen LogP contribution in [0.3, 0.4) is 0 Å². The normalized spacial score (nSPS) is 22.7. The lowest BCUT2D eigenvalue weighted by Crippen LogP contribution is -2.44. The number of carbonyl (C=O) groups is 1. The van der Waals surface area contributed by atoms with E-state index in [9.17, 15) is 9.18 Å². The molecule has 5 heteroatoms. The Kier molecular flexibility index (Phi) is 5.56. The Bertz CT molecular complexity index is 647. The molecule has 2 saturated heterocycles. The maximum Gasteiger partial charge on any atom is 0.253 e. The van der Waals surface area contributed by atoms with Crippen LogP contribution in [-0.2, 0) is 0 Å². The molecule has 0 bridgehead atoms. The molecule has 144 valence electrons. The fraction of sp³-hybridized carbons (Fsp3) is 0.667. The van der Waals surface area contributed by atoms with Gasteiger partial charge in [-0.15, -0.1) is 0 Å². The SMILES string of the molecule is CNC(=O)c1ccc(N2CCC(N3CCC(C(C)(C)C)C3)CC2)cc1F. The lowest BCUT2D eigenvalue weighted by molar-refractivity contribution is 0.0959. The van der Waals surface area contributed by atoms with Crippen molar-refractivity contribution in [1.82, 2.24) is 10.2 Å². The van der Waals surface area contributed by atoms with E-state index >= 15 is 0 Å². The van der Waals surface area contributed by atoms with Crippen LogP contribution in [0.25, 0.3) is 0 Å². The number of nitrogens with zero attached hydrogens (tertiary/aromatic N) is 2. The summed E-state index contributed by atoms with van der Waals surface area (Å²) in [6, 6.07) is 5.59. The van der Waals surface area contributed by atoms with E-state index in [0.29, 0.717) is 11.5 Å². The van der Waals surface area contributed by atoms with Crippen molar-refractivity contribution in [1.29, 1.82) is 0 Å². The van der Waals surface area contributed by atoms with Crippen molar-refractivity contribution >= 4 is 11.6 Å². The molecule has 1 unspecified atom stereocenters. The zero-order valence-electron chi connectivity index (χ0n) is 16.5. The van der Waals surface area contributed by atoms with Gasteiger partial charge in [-0.05, 0) is 55.3 Å². The van der Waals surface area contributed by atoms with Gasteiger partial charge < -0.3 is 10.2 Å². The van der Waals surface area contributed by atoms with E-state index in [2.05, 4.69) is 35.9 Å². The number of halogens is 1. The Hall–Kier alpha value is -1.62. The van der Waals surface area contributed by atoms with Crippen LogP contribution >= 0.6 is 0 Å². The molecule has 1 aromatic rings. The minimum absolute atomic E-state index is 0.108. The van der Waals surface area contributed by atoms with E-state index in [1.807, 2.05) is 6.07 Å². The molecular weight excluding hydrogens is 329 g/mol. The van der Waals surface area contributed by atoms with E-state index in [-0.39, 0.29) is 11.5 Å². The highest BCUT2D eigenvalue weighted by molar-refractivity contribution is 5.94. The summed E-state index contributed by atoms with van der Waals surface area (Å²) in [5.74, 6) is -0.0430. The Balaban J connectivity index is 1.57. The molecule has 2 fully saturated rings. The minimum atomic E-state index is -0.448. The number of likely N-dealkylation sites (tertiary alicyclic amines) is 1. The predicted octanol–water partition coefficient (Wildman–Crippen LogP) is 3.52. The molecule has 2 aliphatic rings. The highest BCUT2D eigenvalue weighted by Gasteiger charge is 2.35. The number of anilines is 1. The van der Waals surface area contributed by atoms with Crippen LogP contribution in [0.5, 0.6) is 0 Å². The molecule has 0 spiro atoms. The molecule has 1 aromatic carbocycles. The molecular formula is C21H32FN3O. The summed E-state index contributed by atoms with van der Waals surface area (Å²) in [5.41, 5.74) is 1.37. The van der Waals surface area contributed by atoms with Crippen molar-refractivity contribution in [2.45, 2.75) is 46.1 Å². The molecule has 2 aliphatic heterocycles. The average Bonchev–Trinajstić information content (AvgIpc) is 3.11. The van der Waals surface area contributed by atoms with Gasteiger partial charge >= 0.3 is 0 Å². The molecule has 1 atom stereocenters. The monoisotopic (exact) mass is 361 g/mol. The fourth-order valence-corrected chi connectivity index (χ4v) is 4.33. The first kappa shape index (κ1) is 19.2. The minimum Gasteiger partial charge on any atom is -0.371 e. The van der Waals surface area contributed by atoms with E-state index < -0.39 is 5.82 Å². The van der Waals surface area contributed by atoms with Gasteiger partial charge in [-0.2, -0.15) is 0 Å². The number of benzene rings is 1. The van der Waals surface area contributed by atoms with Crippen molar-refractivity contribution in [3.8, 4) is 0 Å². The summed E-state index contributed by atoms with van der Waals surface area (Å²) in [6.07, 6.45) is 3.54. The number of nitrogens with one attached hydrogen (secondary N) is 1. The Morgan fingerprint density at radius 3 is 2.38 bits per heavy atom. The quantitative estimate of drug-likeness (QED) is 0.895. The van der Waals surface area contributed by atoms with Gasteiger partial charge in [-0.1, -0.05) is 20.8 Å². The zero-order chi connectivity index (χ0) is 18.9.